The van der Waals surface area contributed by atoms with Crippen LogP contribution < -0.4 is 5.32 Å². The summed E-state index contributed by atoms with van der Waals surface area (Å²) in [6.45, 7) is 6.25. The minimum Gasteiger partial charge on any atom is -0.385 e. The molecule has 0 fully saturated rings. The van der Waals surface area contributed by atoms with Crippen LogP contribution >= 0.6 is 0 Å². The van der Waals surface area contributed by atoms with Crippen LogP contribution in [0.5, 0.6) is 0 Å². The summed E-state index contributed by atoms with van der Waals surface area (Å²) in [6, 6.07) is 6.81. The summed E-state index contributed by atoms with van der Waals surface area (Å²) >= 11 is 0. The summed E-state index contributed by atoms with van der Waals surface area (Å²) in [7, 11) is 1.70. The fraction of sp³-hybridized carbons (Fsp3) is 0.647. The van der Waals surface area contributed by atoms with E-state index in [1.165, 1.54) is 17.7 Å². The van der Waals surface area contributed by atoms with Crippen molar-refractivity contribution >= 4 is 0 Å². The maximum Gasteiger partial charge on any atom is 0.123 e. The van der Waals surface area contributed by atoms with Gasteiger partial charge in [0.15, 0.2) is 0 Å². The molecule has 3 nitrogen and oxygen atoms in total. The summed E-state index contributed by atoms with van der Waals surface area (Å²) < 4.78 is 23.7. The summed E-state index contributed by atoms with van der Waals surface area (Å²) in [5.41, 5.74) is 1.17. The molecule has 0 aromatic heterocycles. The maximum absolute atomic E-state index is 13.0. The topological polar surface area (TPSA) is 30.5 Å². The molecule has 0 amide bonds. The van der Waals surface area contributed by atoms with Gasteiger partial charge in [-0.25, -0.2) is 4.39 Å². The Hall–Kier alpha value is -0.970. The second kappa shape index (κ2) is 11.7. The summed E-state index contributed by atoms with van der Waals surface area (Å²) in [4.78, 5) is 0. The average Bonchev–Trinajstić information content (AvgIpc) is 2.50. The third-order valence-electron chi connectivity index (χ3n) is 3.41. The Morgan fingerprint density at radius 1 is 1.14 bits per heavy atom. The van der Waals surface area contributed by atoms with Crippen LogP contribution in [0.15, 0.2) is 24.3 Å². The lowest BCUT2D eigenvalue weighted by Crippen LogP contribution is -2.23. The van der Waals surface area contributed by atoms with Gasteiger partial charge in [0, 0.05) is 33.5 Å². The predicted molar refractivity (Wildman–Crippen MR) is 84.2 cm³/mol. The monoisotopic (exact) mass is 297 g/mol. The van der Waals surface area contributed by atoms with Crippen LogP contribution in [0.2, 0.25) is 0 Å². The molecule has 21 heavy (non-hydrogen) atoms. The molecule has 1 aromatic carbocycles. The summed E-state index contributed by atoms with van der Waals surface area (Å²) in [6.07, 6.45) is 2.98. The fourth-order valence-corrected chi connectivity index (χ4v) is 2.21. The van der Waals surface area contributed by atoms with Gasteiger partial charge in [-0.15, -0.1) is 0 Å². The first kappa shape index (κ1) is 18.1. The van der Waals surface area contributed by atoms with E-state index in [0.29, 0.717) is 5.92 Å². The molecule has 1 rings (SSSR count). The molecular formula is C17H28FNO2. The number of benzene rings is 1. The van der Waals surface area contributed by atoms with Gasteiger partial charge in [-0.3, -0.25) is 0 Å². The normalized spacial score (nSPS) is 12.5. The Bertz CT molecular complexity index is 356. The van der Waals surface area contributed by atoms with Gasteiger partial charge < -0.3 is 14.8 Å². The van der Waals surface area contributed by atoms with Crippen LogP contribution in [-0.2, 0) is 9.47 Å². The zero-order valence-corrected chi connectivity index (χ0v) is 13.2. The van der Waals surface area contributed by atoms with Crippen molar-refractivity contribution < 1.29 is 13.9 Å². The Kier molecular flexibility index (Phi) is 10.0. The molecular weight excluding hydrogens is 269 g/mol. The quantitative estimate of drug-likeness (QED) is 0.600. The third-order valence-corrected chi connectivity index (χ3v) is 3.41. The van der Waals surface area contributed by atoms with Gasteiger partial charge in [0.25, 0.3) is 0 Å². The number of nitrogens with one attached hydrogen (secondary N) is 1. The smallest absolute Gasteiger partial charge is 0.123 e. The molecule has 0 aliphatic rings. The highest BCUT2D eigenvalue weighted by Crippen LogP contribution is 2.19. The van der Waals surface area contributed by atoms with Gasteiger partial charge in [-0.1, -0.05) is 19.1 Å². The van der Waals surface area contributed by atoms with Crippen LogP contribution in [0.25, 0.3) is 0 Å². The molecule has 0 aliphatic carbocycles. The molecule has 0 radical (unpaired) electrons. The molecule has 0 saturated carbocycles. The number of ether oxygens (including phenoxy) is 2. The van der Waals surface area contributed by atoms with Crippen molar-refractivity contribution in [3.8, 4) is 0 Å². The Labute approximate surface area is 127 Å². The first-order chi connectivity index (χ1) is 10.3. The van der Waals surface area contributed by atoms with E-state index in [0.717, 1.165) is 52.2 Å². The second-order valence-corrected chi connectivity index (χ2v) is 5.20. The van der Waals surface area contributed by atoms with Gasteiger partial charge in [-0.2, -0.15) is 0 Å². The first-order valence-electron chi connectivity index (χ1n) is 7.80. The highest BCUT2D eigenvalue weighted by atomic mass is 19.1. The van der Waals surface area contributed by atoms with Crippen molar-refractivity contribution in [2.45, 2.75) is 32.1 Å². The minimum absolute atomic E-state index is 0.185. The van der Waals surface area contributed by atoms with Crippen molar-refractivity contribution in [3.05, 3.63) is 35.6 Å². The number of methoxy groups -OCH3 is 1. The molecule has 1 N–H and O–H groups in total. The van der Waals surface area contributed by atoms with E-state index in [2.05, 4.69) is 12.2 Å². The lowest BCUT2D eigenvalue weighted by atomic mass is 9.96. The SMILES string of the molecule is CCCNCC(CCOCCCOC)c1ccc(F)cc1. The van der Waals surface area contributed by atoms with Crippen LogP contribution in [0.3, 0.4) is 0 Å². The maximum atomic E-state index is 13.0. The summed E-state index contributed by atoms with van der Waals surface area (Å²) in [5, 5.41) is 3.44. The van der Waals surface area contributed by atoms with E-state index in [1.54, 1.807) is 7.11 Å². The zero-order valence-electron chi connectivity index (χ0n) is 13.2. The Balaban J connectivity index is 2.39. The van der Waals surface area contributed by atoms with Gasteiger partial charge in [0.1, 0.15) is 5.82 Å². The van der Waals surface area contributed by atoms with Crippen molar-refractivity contribution in [1.82, 2.24) is 5.32 Å². The van der Waals surface area contributed by atoms with Gasteiger partial charge >= 0.3 is 0 Å². The van der Waals surface area contributed by atoms with E-state index in [9.17, 15) is 4.39 Å². The van der Waals surface area contributed by atoms with E-state index in [4.69, 9.17) is 9.47 Å². The highest BCUT2D eigenvalue weighted by molar-refractivity contribution is 5.20. The summed E-state index contributed by atoms with van der Waals surface area (Å²) in [5.74, 6) is 0.175. The standard InChI is InChI=1S/C17H28FNO2/c1-3-10-19-14-16(9-13-21-12-4-11-20-2)15-5-7-17(18)8-6-15/h5-8,16,19H,3-4,9-14H2,1-2H3. The number of halogens is 1. The van der Waals surface area contributed by atoms with Gasteiger partial charge in [-0.05, 0) is 49.4 Å². The van der Waals surface area contributed by atoms with E-state index in [-0.39, 0.29) is 5.82 Å². The van der Waals surface area contributed by atoms with Gasteiger partial charge in [0.05, 0.1) is 0 Å². The third kappa shape index (κ3) is 8.15. The molecule has 0 heterocycles. The Morgan fingerprint density at radius 2 is 1.90 bits per heavy atom. The zero-order chi connectivity index (χ0) is 15.3. The molecule has 120 valence electrons. The number of hydrogen-bond acceptors (Lipinski definition) is 3. The van der Waals surface area contributed by atoms with Crippen molar-refractivity contribution in [2.24, 2.45) is 0 Å². The minimum atomic E-state index is -0.185. The molecule has 1 aromatic rings. The second-order valence-electron chi connectivity index (χ2n) is 5.20. The lowest BCUT2D eigenvalue weighted by molar-refractivity contribution is 0.0980. The molecule has 4 heteroatoms. The van der Waals surface area contributed by atoms with Crippen molar-refractivity contribution in [1.29, 1.82) is 0 Å². The van der Waals surface area contributed by atoms with Crippen molar-refractivity contribution in [2.75, 3.05) is 40.0 Å². The van der Waals surface area contributed by atoms with Crippen LogP contribution in [-0.4, -0.2) is 40.0 Å². The van der Waals surface area contributed by atoms with Gasteiger partial charge in [0.2, 0.25) is 0 Å². The van der Waals surface area contributed by atoms with E-state index < -0.39 is 0 Å². The predicted octanol–water partition coefficient (Wildman–Crippen LogP) is 3.35. The first-order valence-corrected chi connectivity index (χ1v) is 7.80. The largest absolute Gasteiger partial charge is 0.385 e. The molecule has 0 bridgehead atoms. The van der Waals surface area contributed by atoms with E-state index in [1.807, 2.05) is 12.1 Å². The van der Waals surface area contributed by atoms with Crippen LogP contribution in [0, 0.1) is 5.82 Å². The number of rotatable bonds is 12. The molecule has 1 atom stereocenters. The number of hydrogen-bond donors (Lipinski definition) is 1. The molecule has 0 saturated heterocycles. The molecule has 0 spiro atoms. The lowest BCUT2D eigenvalue weighted by Gasteiger charge is -2.18. The fourth-order valence-electron chi connectivity index (χ4n) is 2.21. The van der Waals surface area contributed by atoms with E-state index >= 15 is 0 Å². The van der Waals surface area contributed by atoms with Crippen LogP contribution in [0.4, 0.5) is 4.39 Å². The van der Waals surface area contributed by atoms with Crippen LogP contribution in [0.1, 0.15) is 37.7 Å². The molecule has 0 aliphatic heterocycles. The van der Waals surface area contributed by atoms with Crippen molar-refractivity contribution in [3.63, 3.8) is 0 Å². The Morgan fingerprint density at radius 3 is 2.57 bits per heavy atom. The molecule has 1 unspecified atom stereocenters. The average molecular weight is 297 g/mol. The highest BCUT2D eigenvalue weighted by Gasteiger charge is 2.11.